The van der Waals surface area contributed by atoms with E-state index in [4.69, 9.17) is 0 Å². The zero-order valence-electron chi connectivity index (χ0n) is 13.0. The van der Waals surface area contributed by atoms with Gasteiger partial charge >= 0.3 is 0 Å². The topological polar surface area (TPSA) is 49.0 Å². The molecule has 24 heavy (non-hydrogen) atoms. The number of hydrogen-bond acceptors (Lipinski definition) is 2. The second-order valence-electron chi connectivity index (χ2n) is 6.12. The van der Waals surface area contributed by atoms with Crippen molar-refractivity contribution in [2.24, 2.45) is 0 Å². The summed E-state index contributed by atoms with van der Waals surface area (Å²) in [4.78, 5) is 22.6. The summed E-state index contributed by atoms with van der Waals surface area (Å²) in [6.45, 7) is 0.729. The van der Waals surface area contributed by atoms with Crippen LogP contribution in [-0.2, 0) is 6.42 Å². The Labute approximate surface area is 138 Å². The van der Waals surface area contributed by atoms with Crippen LogP contribution in [0.2, 0.25) is 0 Å². The molecule has 2 aromatic carbocycles. The van der Waals surface area contributed by atoms with Gasteiger partial charge in [0.05, 0.1) is 11.0 Å². The lowest BCUT2D eigenvalue weighted by Crippen LogP contribution is -2.29. The van der Waals surface area contributed by atoms with Crippen LogP contribution in [-0.4, -0.2) is 22.4 Å². The lowest BCUT2D eigenvalue weighted by atomic mass is 10.1. The Balaban J connectivity index is 1.62. The summed E-state index contributed by atoms with van der Waals surface area (Å²) >= 11 is 0. The van der Waals surface area contributed by atoms with Gasteiger partial charge in [0.1, 0.15) is 5.69 Å². The van der Waals surface area contributed by atoms with Crippen LogP contribution in [0.5, 0.6) is 0 Å². The fourth-order valence-corrected chi connectivity index (χ4v) is 3.55. The number of aromatic amines is 1. The number of amides is 1. The van der Waals surface area contributed by atoms with Gasteiger partial charge in [0.15, 0.2) is 0 Å². The molecule has 0 aliphatic carbocycles. The van der Waals surface area contributed by atoms with E-state index in [-0.39, 0.29) is 5.91 Å². The Morgan fingerprint density at radius 3 is 2.88 bits per heavy atom. The molecule has 0 spiro atoms. The van der Waals surface area contributed by atoms with Crippen molar-refractivity contribution in [3.05, 3.63) is 72.1 Å². The fraction of sp³-hybridized carbons (Fsp3) is 0.100. The molecular weight excluding hydrogens is 298 g/mol. The number of hydrogen-bond donors (Lipinski definition) is 1. The van der Waals surface area contributed by atoms with Crippen LogP contribution in [0.3, 0.4) is 0 Å². The molecule has 1 N–H and O–H groups in total. The van der Waals surface area contributed by atoms with E-state index < -0.39 is 0 Å². The summed E-state index contributed by atoms with van der Waals surface area (Å²) in [5.41, 5.74) is 4.68. The molecule has 2 aromatic heterocycles. The van der Waals surface area contributed by atoms with E-state index in [9.17, 15) is 4.79 Å². The molecule has 116 valence electrons. The normalized spacial score (nSPS) is 13.6. The van der Waals surface area contributed by atoms with Gasteiger partial charge in [-0.25, -0.2) is 0 Å². The molecule has 0 saturated carbocycles. The number of aromatic nitrogens is 2. The second kappa shape index (κ2) is 4.93. The molecule has 0 atom stereocenters. The second-order valence-corrected chi connectivity index (χ2v) is 6.12. The number of anilines is 1. The third-order valence-electron chi connectivity index (χ3n) is 4.73. The average molecular weight is 313 g/mol. The number of nitrogens with zero attached hydrogens (tertiary/aromatic N) is 2. The Morgan fingerprint density at radius 1 is 1.04 bits per heavy atom. The Morgan fingerprint density at radius 2 is 1.92 bits per heavy atom. The van der Waals surface area contributed by atoms with Crippen molar-refractivity contribution in [3.63, 3.8) is 0 Å². The van der Waals surface area contributed by atoms with Crippen molar-refractivity contribution >= 4 is 33.4 Å². The number of pyridine rings is 1. The third kappa shape index (κ3) is 1.86. The van der Waals surface area contributed by atoms with Gasteiger partial charge in [-0.1, -0.05) is 36.4 Å². The van der Waals surface area contributed by atoms with Crippen molar-refractivity contribution in [1.29, 1.82) is 0 Å². The van der Waals surface area contributed by atoms with Crippen LogP contribution >= 0.6 is 0 Å². The summed E-state index contributed by atoms with van der Waals surface area (Å²) in [7, 11) is 0. The first-order chi connectivity index (χ1) is 11.8. The molecule has 5 rings (SSSR count). The molecule has 1 aliphatic rings. The number of para-hydroxylation sites is 1. The lowest BCUT2D eigenvalue weighted by molar-refractivity contribution is 0.0985. The highest BCUT2D eigenvalue weighted by Crippen LogP contribution is 2.30. The van der Waals surface area contributed by atoms with Gasteiger partial charge < -0.3 is 9.88 Å². The van der Waals surface area contributed by atoms with Gasteiger partial charge in [0.2, 0.25) is 0 Å². The molecule has 4 heteroatoms. The molecule has 1 aliphatic heterocycles. The molecule has 3 heterocycles. The predicted molar refractivity (Wildman–Crippen MR) is 95.4 cm³/mol. The number of H-pyrrole nitrogens is 1. The lowest BCUT2D eigenvalue weighted by Gasteiger charge is -2.16. The quantitative estimate of drug-likeness (QED) is 0.579. The molecule has 4 nitrogen and oxygen atoms in total. The van der Waals surface area contributed by atoms with E-state index in [1.54, 1.807) is 6.20 Å². The maximum absolute atomic E-state index is 13.0. The zero-order valence-corrected chi connectivity index (χ0v) is 13.0. The molecule has 1 amide bonds. The van der Waals surface area contributed by atoms with Crippen LogP contribution < -0.4 is 4.90 Å². The van der Waals surface area contributed by atoms with E-state index >= 15 is 0 Å². The number of carbonyl (C=O) groups is 1. The van der Waals surface area contributed by atoms with Crippen LogP contribution in [0, 0.1) is 0 Å². The average Bonchev–Trinajstić information content (AvgIpc) is 3.25. The highest BCUT2D eigenvalue weighted by molar-refractivity contribution is 6.11. The fourth-order valence-electron chi connectivity index (χ4n) is 3.55. The number of benzene rings is 2. The van der Waals surface area contributed by atoms with Crippen molar-refractivity contribution in [2.75, 3.05) is 11.4 Å². The minimum atomic E-state index is 0.0141. The van der Waals surface area contributed by atoms with Crippen LogP contribution in [0.4, 0.5) is 5.69 Å². The van der Waals surface area contributed by atoms with E-state index in [2.05, 4.69) is 16.0 Å². The molecular formula is C20H15N3O. The molecule has 0 radical (unpaired) electrons. The minimum Gasteiger partial charge on any atom is -0.349 e. The standard InChI is InChI=1S/C20H15N3O/c24-20(23-11-9-13-4-1-2-6-17(13)23)16-12-15-8-7-14-5-3-10-21-18(14)19(15)22-16/h1-8,10,12,22H,9,11H2. The first-order valence-corrected chi connectivity index (χ1v) is 8.07. The number of carbonyl (C=O) groups excluding carboxylic acids is 1. The molecule has 0 unspecified atom stereocenters. The first kappa shape index (κ1) is 13.3. The summed E-state index contributed by atoms with van der Waals surface area (Å²) in [6, 6.07) is 18.0. The Hall–Kier alpha value is -3.14. The van der Waals surface area contributed by atoms with E-state index in [1.807, 2.05) is 53.4 Å². The summed E-state index contributed by atoms with van der Waals surface area (Å²) in [5.74, 6) is 0.0141. The van der Waals surface area contributed by atoms with Gasteiger partial charge in [-0.15, -0.1) is 0 Å². The summed E-state index contributed by atoms with van der Waals surface area (Å²) < 4.78 is 0. The van der Waals surface area contributed by atoms with Crippen molar-refractivity contribution in [3.8, 4) is 0 Å². The molecule has 4 aromatic rings. The largest absolute Gasteiger partial charge is 0.349 e. The minimum absolute atomic E-state index is 0.0141. The van der Waals surface area contributed by atoms with Crippen LogP contribution in [0.25, 0.3) is 21.8 Å². The molecule has 0 fully saturated rings. The third-order valence-corrected chi connectivity index (χ3v) is 4.73. The van der Waals surface area contributed by atoms with E-state index in [1.165, 1.54) is 5.56 Å². The summed E-state index contributed by atoms with van der Waals surface area (Å²) in [5, 5.41) is 2.08. The smallest absolute Gasteiger partial charge is 0.274 e. The van der Waals surface area contributed by atoms with Gasteiger partial charge in [-0.05, 0) is 30.2 Å². The van der Waals surface area contributed by atoms with Crippen molar-refractivity contribution in [2.45, 2.75) is 6.42 Å². The Kier molecular flexibility index (Phi) is 2.73. The van der Waals surface area contributed by atoms with Gasteiger partial charge in [-0.2, -0.15) is 0 Å². The van der Waals surface area contributed by atoms with Gasteiger partial charge in [0.25, 0.3) is 5.91 Å². The predicted octanol–water partition coefficient (Wildman–Crippen LogP) is 3.92. The van der Waals surface area contributed by atoms with Crippen molar-refractivity contribution < 1.29 is 4.79 Å². The van der Waals surface area contributed by atoms with E-state index in [0.29, 0.717) is 5.69 Å². The molecule has 0 bridgehead atoms. The maximum Gasteiger partial charge on any atom is 0.274 e. The zero-order chi connectivity index (χ0) is 16.1. The number of nitrogens with one attached hydrogen (secondary N) is 1. The molecule has 0 saturated heterocycles. The monoisotopic (exact) mass is 313 g/mol. The Bertz CT molecular complexity index is 1100. The van der Waals surface area contributed by atoms with Crippen LogP contribution in [0.15, 0.2) is 60.8 Å². The van der Waals surface area contributed by atoms with Crippen LogP contribution in [0.1, 0.15) is 16.1 Å². The van der Waals surface area contributed by atoms with E-state index in [0.717, 1.165) is 40.5 Å². The number of fused-ring (bicyclic) bond motifs is 4. The SMILES string of the molecule is O=C(c1cc2ccc3cccnc3c2[nH]1)N1CCc2ccccc21. The van der Waals surface area contributed by atoms with Gasteiger partial charge in [-0.3, -0.25) is 9.78 Å². The first-order valence-electron chi connectivity index (χ1n) is 8.07. The van der Waals surface area contributed by atoms with Crippen molar-refractivity contribution in [1.82, 2.24) is 9.97 Å². The maximum atomic E-state index is 13.0. The highest BCUT2D eigenvalue weighted by atomic mass is 16.2. The highest BCUT2D eigenvalue weighted by Gasteiger charge is 2.26. The number of rotatable bonds is 1. The van der Waals surface area contributed by atoms with Gasteiger partial charge in [0, 0.05) is 29.2 Å². The summed E-state index contributed by atoms with van der Waals surface area (Å²) in [6.07, 6.45) is 2.69.